The Balaban J connectivity index is 2.41. The summed E-state index contributed by atoms with van der Waals surface area (Å²) < 4.78 is 0. The zero-order valence-corrected chi connectivity index (χ0v) is 15.4. The van der Waals surface area contributed by atoms with Crippen molar-refractivity contribution in [3.05, 3.63) is 42.0 Å². The Bertz CT molecular complexity index is 522. The summed E-state index contributed by atoms with van der Waals surface area (Å²) in [5.74, 6) is 0. The van der Waals surface area contributed by atoms with Crippen LogP contribution in [0.15, 0.2) is 35.9 Å². The summed E-state index contributed by atoms with van der Waals surface area (Å²) in [6, 6.07) is 8.03. The van der Waals surface area contributed by atoms with E-state index in [0.29, 0.717) is 12.8 Å². The van der Waals surface area contributed by atoms with Gasteiger partial charge in [0.2, 0.25) is 0 Å². The Morgan fingerprint density at radius 2 is 1.88 bits per heavy atom. The quantitative estimate of drug-likeness (QED) is 0.251. The van der Waals surface area contributed by atoms with Gasteiger partial charge in [0.05, 0.1) is 25.0 Å². The van der Waals surface area contributed by atoms with E-state index in [-0.39, 0.29) is 13.2 Å². The first-order valence-electron chi connectivity index (χ1n) is 9.09. The van der Waals surface area contributed by atoms with Gasteiger partial charge >= 0.3 is 0 Å². The van der Waals surface area contributed by atoms with Crippen LogP contribution in [-0.4, -0.2) is 41.7 Å². The van der Waals surface area contributed by atoms with Gasteiger partial charge in [-0.1, -0.05) is 57.0 Å². The number of aryl methyl sites for hydroxylation is 1. The first-order chi connectivity index (χ1) is 12.0. The Morgan fingerprint density at radius 1 is 1.20 bits per heavy atom. The number of nitrogens with zero attached hydrogens (tertiary/aromatic N) is 1. The summed E-state index contributed by atoms with van der Waals surface area (Å²) in [5, 5.41) is 22.7. The lowest BCUT2D eigenvalue weighted by Gasteiger charge is -2.24. The molecular formula is C20H33N3O2. The molecule has 0 amide bonds. The maximum Gasteiger partial charge on any atom is 0.0633 e. The van der Waals surface area contributed by atoms with Crippen molar-refractivity contribution < 1.29 is 10.2 Å². The molecule has 0 radical (unpaired) electrons. The number of aliphatic hydroxyl groups excluding tert-OH is 2. The van der Waals surface area contributed by atoms with E-state index in [9.17, 15) is 10.2 Å². The van der Waals surface area contributed by atoms with Crippen molar-refractivity contribution in [2.75, 3.05) is 19.8 Å². The molecule has 0 atom stereocenters. The summed E-state index contributed by atoms with van der Waals surface area (Å²) in [5.41, 5.74) is 11.0. The van der Waals surface area contributed by atoms with Gasteiger partial charge in [0.25, 0.3) is 0 Å². The third-order valence-corrected chi connectivity index (χ3v) is 4.32. The fourth-order valence-electron chi connectivity index (χ4n) is 2.38. The highest BCUT2D eigenvalue weighted by Crippen LogP contribution is 2.15. The number of hydrogen-bond acceptors (Lipinski definition) is 5. The predicted molar refractivity (Wildman–Crippen MR) is 106 cm³/mol. The molecule has 1 aromatic rings. The van der Waals surface area contributed by atoms with Crippen molar-refractivity contribution in [2.24, 2.45) is 10.8 Å². The lowest BCUT2D eigenvalue weighted by atomic mass is 9.93. The smallest absolute Gasteiger partial charge is 0.0633 e. The second kappa shape index (κ2) is 11.8. The van der Waals surface area contributed by atoms with Crippen LogP contribution >= 0.6 is 0 Å². The monoisotopic (exact) mass is 347 g/mol. The van der Waals surface area contributed by atoms with Gasteiger partial charge in [-0.25, -0.2) is 0 Å². The lowest BCUT2D eigenvalue weighted by molar-refractivity contribution is 0.115. The van der Waals surface area contributed by atoms with Gasteiger partial charge in [-0.05, 0) is 36.0 Å². The topological polar surface area (TPSA) is 90.9 Å². The van der Waals surface area contributed by atoms with Crippen LogP contribution in [0.25, 0.3) is 5.57 Å². The summed E-state index contributed by atoms with van der Waals surface area (Å²) in [4.78, 5) is 0. The van der Waals surface area contributed by atoms with Crippen LogP contribution in [-0.2, 0) is 6.42 Å². The van der Waals surface area contributed by atoms with Crippen LogP contribution in [0.4, 0.5) is 0 Å². The standard InChI is InChI=1S/C20H33N3O2/c1-3-4-5-6-13-22-23-14-17(2)19-9-7-18(8-10-19)11-12-20(21,15-24)16-25/h7-10,14,22,24-25H,2-6,11-13,15-16,21H2,1H3/b23-14-. The number of unbranched alkanes of at least 4 members (excludes halogenated alkanes) is 3. The average molecular weight is 348 g/mol. The number of benzene rings is 1. The molecule has 1 aromatic carbocycles. The fraction of sp³-hybridized carbons (Fsp3) is 0.550. The molecule has 0 spiro atoms. The summed E-state index contributed by atoms with van der Waals surface area (Å²) in [6.45, 7) is 6.68. The van der Waals surface area contributed by atoms with Crippen LogP contribution in [0.1, 0.15) is 50.2 Å². The SMILES string of the molecule is C=C(/C=N\NCCCCCC)c1ccc(CCC(N)(CO)CO)cc1. The highest BCUT2D eigenvalue weighted by molar-refractivity contribution is 6.08. The van der Waals surface area contributed by atoms with Crippen LogP contribution < -0.4 is 11.2 Å². The molecule has 0 saturated heterocycles. The Hall–Kier alpha value is -1.69. The maximum atomic E-state index is 9.23. The van der Waals surface area contributed by atoms with Gasteiger partial charge in [-0.15, -0.1) is 0 Å². The van der Waals surface area contributed by atoms with Crippen LogP contribution in [0, 0.1) is 0 Å². The second-order valence-electron chi connectivity index (χ2n) is 6.63. The fourth-order valence-corrected chi connectivity index (χ4v) is 2.38. The molecule has 1 rings (SSSR count). The van der Waals surface area contributed by atoms with Crippen molar-refractivity contribution in [3.63, 3.8) is 0 Å². The molecule has 0 fully saturated rings. The highest BCUT2D eigenvalue weighted by Gasteiger charge is 2.22. The van der Waals surface area contributed by atoms with Crippen molar-refractivity contribution in [3.8, 4) is 0 Å². The number of allylic oxidation sites excluding steroid dienone is 1. The number of nitrogens with one attached hydrogen (secondary N) is 1. The summed E-state index contributed by atoms with van der Waals surface area (Å²) in [7, 11) is 0. The molecule has 5 N–H and O–H groups in total. The molecule has 0 aromatic heterocycles. The van der Waals surface area contributed by atoms with Crippen molar-refractivity contribution >= 4 is 11.8 Å². The van der Waals surface area contributed by atoms with E-state index in [1.165, 1.54) is 19.3 Å². The Kier molecular flexibility index (Phi) is 10.1. The van der Waals surface area contributed by atoms with Crippen LogP contribution in [0.3, 0.4) is 0 Å². The third-order valence-electron chi connectivity index (χ3n) is 4.32. The van der Waals surface area contributed by atoms with Gasteiger partial charge in [-0.3, -0.25) is 0 Å². The minimum Gasteiger partial charge on any atom is -0.394 e. The molecule has 5 heteroatoms. The number of rotatable bonds is 13. The van der Waals surface area contributed by atoms with Crippen molar-refractivity contribution in [1.29, 1.82) is 0 Å². The number of aliphatic hydroxyl groups is 2. The van der Waals surface area contributed by atoms with E-state index in [2.05, 4.69) is 24.0 Å². The van der Waals surface area contributed by atoms with E-state index >= 15 is 0 Å². The molecule has 0 unspecified atom stereocenters. The van der Waals surface area contributed by atoms with Crippen LogP contribution in [0.2, 0.25) is 0 Å². The number of hydrogen-bond donors (Lipinski definition) is 4. The van der Waals surface area contributed by atoms with Crippen LogP contribution in [0.5, 0.6) is 0 Å². The lowest BCUT2D eigenvalue weighted by Crippen LogP contribution is -2.47. The first kappa shape index (κ1) is 21.4. The zero-order valence-electron chi connectivity index (χ0n) is 15.4. The molecule has 25 heavy (non-hydrogen) atoms. The minimum absolute atomic E-state index is 0.222. The van der Waals surface area contributed by atoms with E-state index in [0.717, 1.165) is 29.7 Å². The highest BCUT2D eigenvalue weighted by atomic mass is 16.3. The molecule has 0 heterocycles. The van der Waals surface area contributed by atoms with Gasteiger partial charge in [0.1, 0.15) is 0 Å². The second-order valence-corrected chi connectivity index (χ2v) is 6.63. The predicted octanol–water partition coefficient (Wildman–Crippen LogP) is 2.47. The molecule has 0 aliphatic rings. The van der Waals surface area contributed by atoms with Gasteiger partial charge in [0, 0.05) is 6.54 Å². The normalized spacial score (nSPS) is 11.8. The Morgan fingerprint density at radius 3 is 2.48 bits per heavy atom. The van der Waals surface area contributed by atoms with Gasteiger partial charge < -0.3 is 21.4 Å². The first-order valence-corrected chi connectivity index (χ1v) is 9.09. The molecule has 5 nitrogen and oxygen atoms in total. The molecule has 0 bridgehead atoms. The molecule has 140 valence electrons. The number of nitrogens with two attached hydrogens (primary N) is 1. The van der Waals surface area contributed by atoms with E-state index in [1.807, 2.05) is 24.3 Å². The maximum absolute atomic E-state index is 9.23. The number of hydrazone groups is 1. The van der Waals surface area contributed by atoms with E-state index in [4.69, 9.17) is 5.73 Å². The van der Waals surface area contributed by atoms with Gasteiger partial charge in [-0.2, -0.15) is 5.10 Å². The Labute approximate surface area is 151 Å². The molecular weight excluding hydrogens is 314 g/mol. The summed E-state index contributed by atoms with van der Waals surface area (Å²) in [6.07, 6.45) is 7.86. The third kappa shape index (κ3) is 8.29. The largest absolute Gasteiger partial charge is 0.394 e. The molecule has 0 saturated carbocycles. The van der Waals surface area contributed by atoms with Crippen molar-refractivity contribution in [1.82, 2.24) is 5.43 Å². The van der Waals surface area contributed by atoms with Gasteiger partial charge in [0.15, 0.2) is 0 Å². The molecule has 0 aliphatic carbocycles. The average Bonchev–Trinajstić information content (AvgIpc) is 2.65. The zero-order chi connectivity index (χ0) is 18.5. The summed E-state index contributed by atoms with van der Waals surface area (Å²) >= 11 is 0. The minimum atomic E-state index is -0.919. The molecule has 0 aliphatic heterocycles. The van der Waals surface area contributed by atoms with E-state index in [1.54, 1.807) is 6.21 Å². The van der Waals surface area contributed by atoms with E-state index < -0.39 is 5.54 Å². The van der Waals surface area contributed by atoms with Crippen molar-refractivity contribution in [2.45, 2.75) is 51.0 Å².